The van der Waals surface area contributed by atoms with E-state index in [0.717, 1.165) is 11.3 Å². The van der Waals surface area contributed by atoms with Crippen LogP contribution in [-0.4, -0.2) is 62.4 Å². The van der Waals surface area contributed by atoms with E-state index in [2.05, 4.69) is 58.4 Å². The van der Waals surface area contributed by atoms with Gasteiger partial charge in [-0.25, -0.2) is 0 Å². The number of benzene rings is 3. The monoisotopic (exact) mass is 564 g/mol. The molecule has 0 bridgehead atoms. The van der Waals surface area contributed by atoms with Crippen LogP contribution in [0.1, 0.15) is 12.5 Å². The molecule has 0 fully saturated rings. The van der Waals surface area contributed by atoms with Crippen LogP contribution in [0.15, 0.2) is 87.6 Å². The van der Waals surface area contributed by atoms with Gasteiger partial charge in [0, 0.05) is 22.8 Å². The Morgan fingerprint density at radius 3 is 2.02 bits per heavy atom. The van der Waals surface area contributed by atoms with Crippen molar-refractivity contribution in [1.82, 2.24) is 0 Å². The van der Waals surface area contributed by atoms with Crippen LogP contribution in [0, 0.1) is 0 Å². The summed E-state index contributed by atoms with van der Waals surface area (Å²) in [5, 5.41) is 11.2. The number of aliphatic carboxylic acids is 1. The lowest BCUT2D eigenvalue weighted by atomic mass is 10.1. The summed E-state index contributed by atoms with van der Waals surface area (Å²) >= 11 is 1.79. The molecular weight excluding hydrogens is 528 g/mol. The van der Waals surface area contributed by atoms with E-state index >= 15 is 0 Å². The first kappa shape index (κ1) is 30.3. The number of carboxylic acids is 1. The molecule has 0 amide bonds. The van der Waals surface area contributed by atoms with Crippen LogP contribution in [-0.2, 0) is 16.0 Å². The van der Waals surface area contributed by atoms with Crippen molar-refractivity contribution in [3.63, 3.8) is 0 Å². The summed E-state index contributed by atoms with van der Waals surface area (Å²) in [6.07, 6.45) is -0.663. The number of para-hydroxylation sites is 2. The van der Waals surface area contributed by atoms with Crippen molar-refractivity contribution in [2.24, 2.45) is 22.2 Å². The maximum Gasteiger partial charge on any atom is 0.387 e. The molecule has 0 saturated carbocycles. The number of carboxylic acid groups (broad SMARTS) is 1. The normalized spacial score (nSPS) is 12.1. The highest BCUT2D eigenvalue weighted by Crippen LogP contribution is 2.47. The zero-order valence-electron chi connectivity index (χ0n) is 22.9. The predicted octanol–water partition coefficient (Wildman–Crippen LogP) is 1.91. The number of hydrogen-bond acceptors (Lipinski definition) is 6. The van der Waals surface area contributed by atoms with Gasteiger partial charge in [0.25, 0.3) is 5.96 Å². The summed E-state index contributed by atoms with van der Waals surface area (Å²) < 4.78 is 12.8. The second-order valence-electron chi connectivity index (χ2n) is 8.94. The third kappa shape index (κ3) is 8.65. The molecule has 1 aliphatic rings. The molecule has 11 heteroatoms. The summed E-state index contributed by atoms with van der Waals surface area (Å²) in [6, 6.07) is 24.3. The summed E-state index contributed by atoms with van der Waals surface area (Å²) in [6.45, 7) is 3.34. The lowest BCUT2D eigenvalue weighted by Gasteiger charge is -2.32. The van der Waals surface area contributed by atoms with E-state index in [1.54, 1.807) is 37.4 Å². The number of rotatable bonds is 9. The molecule has 0 unspecified atom stereocenters. The Balaban J connectivity index is 0.000000424. The Labute approximate surface area is 239 Å². The van der Waals surface area contributed by atoms with E-state index in [-0.39, 0.29) is 12.4 Å². The van der Waals surface area contributed by atoms with Gasteiger partial charge < -0.3 is 35.7 Å². The number of nitrogens with zero attached hydrogens (tertiary/aromatic N) is 3. The molecule has 0 saturated heterocycles. The van der Waals surface area contributed by atoms with E-state index in [1.165, 1.54) is 21.2 Å². The fraction of sp³-hybridized carbons (Fsp3) is 0.276. The third-order valence-corrected chi connectivity index (χ3v) is 6.92. The van der Waals surface area contributed by atoms with E-state index in [9.17, 15) is 9.90 Å². The highest BCUT2D eigenvalue weighted by molar-refractivity contribution is 7.99. The molecule has 6 N–H and O–H groups in total. The number of nitrogens with two attached hydrogens (primary N) is 3. The molecule has 0 radical (unpaired) electrons. The number of ether oxygens (including phenoxy) is 2. The summed E-state index contributed by atoms with van der Waals surface area (Å²) in [5.74, 6) is -0.170. The Morgan fingerprint density at radius 1 is 0.975 bits per heavy atom. The maximum atomic E-state index is 11.2. The van der Waals surface area contributed by atoms with Crippen molar-refractivity contribution in [1.29, 1.82) is 0 Å². The van der Waals surface area contributed by atoms with Gasteiger partial charge in [0.15, 0.2) is 0 Å². The largest absolute Gasteiger partial charge is 0.547 e. The number of carbonyl (C=O) groups is 1. The summed E-state index contributed by atoms with van der Waals surface area (Å²) in [4.78, 5) is 19.5. The van der Waals surface area contributed by atoms with Gasteiger partial charge in [0.2, 0.25) is 0 Å². The highest BCUT2D eigenvalue weighted by atomic mass is 32.2. The molecular formula is C29H36N6O4S. The average molecular weight is 565 g/mol. The minimum atomic E-state index is -1.19. The molecule has 3 aromatic carbocycles. The lowest BCUT2D eigenvalue weighted by molar-refractivity contribution is -0.466. The first-order valence-electron chi connectivity index (χ1n) is 12.8. The molecule has 3 aromatic rings. The number of fused-ring (bicyclic) bond motifs is 2. The Morgan fingerprint density at radius 2 is 1.55 bits per heavy atom. The maximum absolute atomic E-state index is 11.2. The van der Waals surface area contributed by atoms with Crippen LogP contribution in [0.4, 0.5) is 11.4 Å². The van der Waals surface area contributed by atoms with Crippen LogP contribution < -0.4 is 31.9 Å². The Bertz CT molecular complexity index is 1290. The smallest absolute Gasteiger partial charge is 0.387 e. The Kier molecular flexibility index (Phi) is 11.2. The fourth-order valence-corrected chi connectivity index (χ4v) is 4.95. The van der Waals surface area contributed by atoms with Crippen molar-refractivity contribution in [3.05, 3.63) is 78.4 Å². The second-order valence-corrected chi connectivity index (χ2v) is 10.0. The minimum Gasteiger partial charge on any atom is -0.547 e. The number of hydrogen-bond donors (Lipinski definition) is 3. The van der Waals surface area contributed by atoms with Crippen molar-refractivity contribution in [3.8, 4) is 5.75 Å². The van der Waals surface area contributed by atoms with Gasteiger partial charge in [-0.05, 0) is 53.9 Å². The van der Waals surface area contributed by atoms with Crippen LogP contribution in [0.3, 0.4) is 0 Å². The van der Waals surface area contributed by atoms with Gasteiger partial charge >= 0.3 is 5.96 Å². The predicted molar refractivity (Wildman–Crippen MR) is 157 cm³/mol. The van der Waals surface area contributed by atoms with Crippen molar-refractivity contribution in [2.45, 2.75) is 29.2 Å². The minimum absolute atomic E-state index is 0.0267. The number of anilines is 2. The van der Waals surface area contributed by atoms with Gasteiger partial charge in [0.05, 0.1) is 38.0 Å². The highest BCUT2D eigenvalue weighted by Gasteiger charge is 2.22. The Hall–Kier alpha value is -4.22. The zero-order chi connectivity index (χ0) is 29.1. The van der Waals surface area contributed by atoms with Crippen LogP contribution >= 0.6 is 11.8 Å². The number of guanidine groups is 2. The molecule has 212 valence electrons. The van der Waals surface area contributed by atoms with Gasteiger partial charge in [-0.2, -0.15) is 0 Å². The summed E-state index contributed by atoms with van der Waals surface area (Å²) in [7, 11) is 3.50. The van der Waals surface area contributed by atoms with Crippen LogP contribution in [0.5, 0.6) is 5.75 Å². The fourth-order valence-electron chi connectivity index (χ4n) is 3.86. The molecule has 40 heavy (non-hydrogen) atoms. The topological polar surface area (TPSA) is 155 Å². The standard InChI is InChI=1S/C25H25NO4S.C4H11N5/c1-2-29-22(25(27)28)17-18-11-13-19(14-12-18)30-16-15-26-20-7-3-5-9-23(20)31-24-10-6-4-8-21(24)26;1-9(2)4(7)8-3(5)6/h3-14,22H,2,15-17H2,1H3,(H,27,28);1-2H3,(H5,5,6,7,8)/t22-;/m0./s1. The van der Waals surface area contributed by atoms with Crippen molar-refractivity contribution >= 4 is 41.0 Å². The van der Waals surface area contributed by atoms with Gasteiger partial charge in [-0.3, -0.25) is 10.3 Å². The molecule has 1 aliphatic heterocycles. The van der Waals surface area contributed by atoms with E-state index in [0.29, 0.717) is 25.7 Å². The molecule has 0 aromatic heterocycles. The third-order valence-electron chi connectivity index (χ3n) is 5.79. The quantitative estimate of drug-likeness (QED) is 0.201. The van der Waals surface area contributed by atoms with Gasteiger partial charge in [-0.1, -0.05) is 48.2 Å². The average Bonchev–Trinajstić information content (AvgIpc) is 2.93. The van der Waals surface area contributed by atoms with Crippen LogP contribution in [0.25, 0.3) is 0 Å². The van der Waals surface area contributed by atoms with E-state index in [4.69, 9.17) is 26.7 Å². The lowest BCUT2D eigenvalue weighted by Crippen LogP contribution is -2.39. The number of aliphatic imine (C=N–C) groups is 1. The first-order valence-corrected chi connectivity index (χ1v) is 13.6. The van der Waals surface area contributed by atoms with Crippen molar-refractivity contribution < 1.29 is 24.0 Å². The number of carbonyl (C=O) groups excluding carboxylic acids is 1. The van der Waals surface area contributed by atoms with Gasteiger partial charge in [0.1, 0.15) is 18.5 Å². The SMILES string of the molecule is CCO[C@@H](Cc1ccc(OCCN2c3ccccc3Sc3ccccc32)cc1)C(=O)[O-].C[N+](C)=C(N)N=C(N)N. The molecule has 0 aliphatic carbocycles. The first-order chi connectivity index (χ1) is 19.2. The van der Waals surface area contributed by atoms with E-state index < -0.39 is 12.1 Å². The zero-order valence-corrected chi connectivity index (χ0v) is 23.8. The summed E-state index contributed by atoms with van der Waals surface area (Å²) in [5.41, 5.74) is 18.6. The van der Waals surface area contributed by atoms with Crippen molar-refractivity contribution in [2.75, 3.05) is 38.8 Å². The van der Waals surface area contributed by atoms with E-state index in [1.807, 2.05) is 24.3 Å². The second kappa shape index (κ2) is 14.8. The molecule has 10 nitrogen and oxygen atoms in total. The molecule has 0 spiro atoms. The van der Waals surface area contributed by atoms with Gasteiger partial charge in [-0.15, -0.1) is 0 Å². The molecule has 4 rings (SSSR count). The molecule has 1 atom stereocenters. The van der Waals surface area contributed by atoms with Crippen LogP contribution in [0.2, 0.25) is 0 Å². The molecule has 1 heterocycles.